The molecule has 0 amide bonds. The molecule has 2 nitrogen and oxygen atoms in total. The van der Waals surface area contributed by atoms with Gasteiger partial charge < -0.3 is 4.74 Å². The third kappa shape index (κ3) is 2.15. The second kappa shape index (κ2) is 4.13. The molecule has 0 unspecified atom stereocenters. The molecule has 2 heteroatoms. The van der Waals surface area contributed by atoms with E-state index in [9.17, 15) is 4.79 Å². The van der Waals surface area contributed by atoms with Crippen molar-refractivity contribution >= 4 is 18.1 Å². The van der Waals surface area contributed by atoms with Crippen LogP contribution >= 0.6 is 0 Å². The van der Waals surface area contributed by atoms with Crippen LogP contribution in [0, 0.1) is 0 Å². The molecule has 0 aliphatic heterocycles. The largest absolute Gasteiger partial charge is 0.466 e. The number of hydrogen-bond donors (Lipinski definition) is 0. The molecule has 0 fully saturated rings. The maximum Gasteiger partial charge on any atom is 0.330 e. The quantitative estimate of drug-likeness (QED) is 0.541. The van der Waals surface area contributed by atoms with Crippen LogP contribution in [0.25, 0.3) is 12.2 Å². The van der Waals surface area contributed by atoms with Gasteiger partial charge in [0.05, 0.1) is 7.11 Å². The Kier molecular flexibility index (Phi) is 2.68. The van der Waals surface area contributed by atoms with Gasteiger partial charge in [-0.15, -0.1) is 0 Å². The number of rotatable bonds is 2. The predicted molar refractivity (Wildman–Crippen MR) is 60.2 cm³/mol. The third-order valence-corrected chi connectivity index (χ3v) is 2.42. The van der Waals surface area contributed by atoms with Crippen LogP contribution in [0.3, 0.4) is 0 Å². The first-order valence-corrected chi connectivity index (χ1v) is 4.85. The highest BCUT2D eigenvalue weighted by molar-refractivity contribution is 5.87. The Morgan fingerprint density at radius 1 is 1.47 bits per heavy atom. The van der Waals surface area contributed by atoms with Crippen LogP contribution in [-0.2, 0) is 16.0 Å². The molecular weight excluding hydrogens is 188 g/mol. The molecule has 2 rings (SSSR count). The number of esters is 1. The van der Waals surface area contributed by atoms with Crippen LogP contribution in [0.15, 0.2) is 30.4 Å². The van der Waals surface area contributed by atoms with Crippen molar-refractivity contribution in [1.82, 2.24) is 0 Å². The number of ether oxygens (including phenoxy) is 1. The summed E-state index contributed by atoms with van der Waals surface area (Å²) in [6, 6.07) is 6.15. The standard InChI is InChI=1S/C13H12O2/c1-15-13(14)8-6-10-5-7-11-3-2-4-12(11)9-10/h2-3,5-9H,4H2,1H3/b8-6+. The lowest BCUT2D eigenvalue weighted by Crippen LogP contribution is -1.93. The first-order chi connectivity index (χ1) is 7.29. The Hall–Kier alpha value is -1.83. The molecule has 0 bridgehead atoms. The van der Waals surface area contributed by atoms with E-state index in [4.69, 9.17) is 0 Å². The Labute approximate surface area is 88.9 Å². The predicted octanol–water partition coefficient (Wildman–Crippen LogP) is 2.44. The summed E-state index contributed by atoms with van der Waals surface area (Å²) in [5, 5.41) is 0. The van der Waals surface area contributed by atoms with Gasteiger partial charge in [-0.1, -0.05) is 30.4 Å². The second-order valence-corrected chi connectivity index (χ2v) is 3.42. The Morgan fingerprint density at radius 2 is 2.33 bits per heavy atom. The minimum Gasteiger partial charge on any atom is -0.466 e. The van der Waals surface area contributed by atoms with Crippen molar-refractivity contribution < 1.29 is 9.53 Å². The highest BCUT2D eigenvalue weighted by Gasteiger charge is 2.04. The van der Waals surface area contributed by atoms with Gasteiger partial charge in [0.25, 0.3) is 0 Å². The Balaban J connectivity index is 2.18. The average Bonchev–Trinajstić information content (AvgIpc) is 2.72. The van der Waals surface area contributed by atoms with Gasteiger partial charge in [-0.25, -0.2) is 4.79 Å². The summed E-state index contributed by atoms with van der Waals surface area (Å²) in [7, 11) is 1.37. The van der Waals surface area contributed by atoms with Crippen molar-refractivity contribution in [3.8, 4) is 0 Å². The molecule has 1 aliphatic rings. The van der Waals surface area contributed by atoms with Crippen LogP contribution in [-0.4, -0.2) is 13.1 Å². The lowest BCUT2D eigenvalue weighted by molar-refractivity contribution is -0.134. The molecule has 15 heavy (non-hydrogen) atoms. The SMILES string of the molecule is COC(=O)/C=C/c1ccc2c(c1)CC=C2. The molecule has 0 spiro atoms. The molecule has 1 aromatic carbocycles. The van der Waals surface area contributed by atoms with Gasteiger partial charge >= 0.3 is 5.97 Å². The number of carbonyl (C=O) groups excluding carboxylic acids is 1. The topological polar surface area (TPSA) is 26.3 Å². The summed E-state index contributed by atoms with van der Waals surface area (Å²) in [5.74, 6) is -0.325. The number of methoxy groups -OCH3 is 1. The van der Waals surface area contributed by atoms with Crippen molar-refractivity contribution in [3.63, 3.8) is 0 Å². The first kappa shape index (κ1) is 9.71. The third-order valence-electron chi connectivity index (χ3n) is 2.42. The number of benzene rings is 1. The molecular formula is C13H12O2. The lowest BCUT2D eigenvalue weighted by Gasteiger charge is -2.00. The fourth-order valence-corrected chi connectivity index (χ4v) is 1.61. The van der Waals surface area contributed by atoms with Gasteiger partial charge in [-0.2, -0.15) is 0 Å². The van der Waals surface area contributed by atoms with E-state index in [0.29, 0.717) is 0 Å². The summed E-state index contributed by atoms with van der Waals surface area (Å²) in [4.78, 5) is 10.9. The monoisotopic (exact) mass is 200 g/mol. The number of hydrogen-bond acceptors (Lipinski definition) is 2. The first-order valence-electron chi connectivity index (χ1n) is 4.85. The molecule has 0 aromatic heterocycles. The molecule has 0 radical (unpaired) electrons. The van der Waals surface area contributed by atoms with Gasteiger partial charge in [0, 0.05) is 6.08 Å². The highest BCUT2D eigenvalue weighted by Crippen LogP contribution is 2.21. The van der Waals surface area contributed by atoms with Crippen molar-refractivity contribution in [3.05, 3.63) is 47.0 Å². The number of fused-ring (bicyclic) bond motifs is 1. The molecule has 0 saturated heterocycles. The Morgan fingerprint density at radius 3 is 3.13 bits per heavy atom. The van der Waals surface area contributed by atoms with E-state index in [1.165, 1.54) is 24.3 Å². The fraction of sp³-hybridized carbons (Fsp3) is 0.154. The van der Waals surface area contributed by atoms with Gasteiger partial charge in [0.15, 0.2) is 0 Å². The zero-order valence-electron chi connectivity index (χ0n) is 8.57. The molecule has 1 aliphatic carbocycles. The van der Waals surface area contributed by atoms with Crippen molar-refractivity contribution in [2.24, 2.45) is 0 Å². The summed E-state index contributed by atoms with van der Waals surface area (Å²) in [5.41, 5.74) is 3.61. The normalized spacial score (nSPS) is 13.1. The Bertz CT molecular complexity index is 442. The maximum atomic E-state index is 10.9. The average molecular weight is 200 g/mol. The van der Waals surface area contributed by atoms with E-state index in [1.54, 1.807) is 6.08 Å². The van der Waals surface area contributed by atoms with Gasteiger partial charge in [-0.05, 0) is 29.2 Å². The molecule has 0 heterocycles. The minimum absolute atomic E-state index is 0.325. The van der Waals surface area contributed by atoms with Crippen molar-refractivity contribution in [2.75, 3.05) is 7.11 Å². The van der Waals surface area contributed by atoms with E-state index in [1.807, 2.05) is 6.07 Å². The zero-order valence-corrected chi connectivity index (χ0v) is 8.57. The van der Waals surface area contributed by atoms with Crippen LogP contribution < -0.4 is 0 Å². The highest BCUT2D eigenvalue weighted by atomic mass is 16.5. The molecule has 1 aromatic rings. The van der Waals surface area contributed by atoms with Gasteiger partial charge in [-0.3, -0.25) is 0 Å². The fourth-order valence-electron chi connectivity index (χ4n) is 1.61. The summed E-state index contributed by atoms with van der Waals surface area (Å²) < 4.78 is 4.53. The molecule has 0 saturated carbocycles. The van der Waals surface area contributed by atoms with Crippen molar-refractivity contribution in [2.45, 2.75) is 6.42 Å². The lowest BCUT2D eigenvalue weighted by atomic mass is 10.1. The van der Waals surface area contributed by atoms with Crippen LogP contribution in [0.5, 0.6) is 0 Å². The molecule has 0 atom stereocenters. The number of allylic oxidation sites excluding steroid dienone is 1. The van der Waals surface area contributed by atoms with E-state index in [0.717, 1.165) is 12.0 Å². The number of carbonyl (C=O) groups is 1. The van der Waals surface area contributed by atoms with Crippen molar-refractivity contribution in [1.29, 1.82) is 0 Å². The van der Waals surface area contributed by atoms with E-state index in [2.05, 4.69) is 29.0 Å². The van der Waals surface area contributed by atoms with E-state index < -0.39 is 0 Å². The van der Waals surface area contributed by atoms with Gasteiger partial charge in [0.2, 0.25) is 0 Å². The van der Waals surface area contributed by atoms with Crippen LogP contribution in [0.4, 0.5) is 0 Å². The van der Waals surface area contributed by atoms with E-state index in [-0.39, 0.29) is 5.97 Å². The smallest absolute Gasteiger partial charge is 0.330 e. The van der Waals surface area contributed by atoms with Crippen LogP contribution in [0.2, 0.25) is 0 Å². The molecule has 0 N–H and O–H groups in total. The minimum atomic E-state index is -0.325. The zero-order chi connectivity index (χ0) is 10.7. The summed E-state index contributed by atoms with van der Waals surface area (Å²) in [6.07, 6.45) is 8.44. The van der Waals surface area contributed by atoms with Gasteiger partial charge in [0.1, 0.15) is 0 Å². The second-order valence-electron chi connectivity index (χ2n) is 3.42. The summed E-state index contributed by atoms with van der Waals surface area (Å²) >= 11 is 0. The summed E-state index contributed by atoms with van der Waals surface area (Å²) in [6.45, 7) is 0. The maximum absolute atomic E-state index is 10.9. The van der Waals surface area contributed by atoms with Crippen LogP contribution in [0.1, 0.15) is 16.7 Å². The van der Waals surface area contributed by atoms with E-state index >= 15 is 0 Å². The molecule has 76 valence electrons.